The lowest BCUT2D eigenvalue weighted by Crippen LogP contribution is -2.10. The van der Waals surface area contributed by atoms with Crippen molar-refractivity contribution in [2.75, 3.05) is 10.7 Å². The van der Waals surface area contributed by atoms with Crippen LogP contribution in [-0.4, -0.2) is 4.98 Å². The van der Waals surface area contributed by atoms with E-state index in [0.29, 0.717) is 26.7 Å². The van der Waals surface area contributed by atoms with Crippen LogP contribution in [0.2, 0.25) is 15.1 Å². The molecule has 2 aromatic rings. The van der Waals surface area contributed by atoms with Crippen LogP contribution in [0.5, 0.6) is 0 Å². The van der Waals surface area contributed by atoms with Crippen LogP contribution in [0, 0.1) is 0 Å². The second kappa shape index (κ2) is 6.15. The van der Waals surface area contributed by atoms with Gasteiger partial charge in [-0.25, -0.2) is 10.8 Å². The third-order valence-electron chi connectivity index (χ3n) is 2.25. The largest absolute Gasteiger partial charge is 0.338 e. The van der Waals surface area contributed by atoms with Gasteiger partial charge in [-0.05, 0) is 40.2 Å². The van der Waals surface area contributed by atoms with Gasteiger partial charge >= 0.3 is 0 Å². The predicted octanol–water partition coefficient (Wildman–Crippen LogP) is 4.83. The van der Waals surface area contributed by atoms with E-state index in [9.17, 15) is 0 Å². The molecule has 0 unspecified atom stereocenters. The molecule has 19 heavy (non-hydrogen) atoms. The minimum atomic E-state index is 0.332. The molecule has 0 aliphatic carbocycles. The Labute approximate surface area is 133 Å². The van der Waals surface area contributed by atoms with Crippen molar-refractivity contribution in [1.82, 2.24) is 4.98 Å². The molecule has 0 amide bonds. The van der Waals surface area contributed by atoms with E-state index in [-0.39, 0.29) is 0 Å². The minimum absolute atomic E-state index is 0.332. The Morgan fingerprint density at radius 3 is 2.37 bits per heavy atom. The molecule has 4 N–H and O–H groups in total. The van der Waals surface area contributed by atoms with E-state index in [0.717, 1.165) is 10.2 Å². The minimum Gasteiger partial charge on any atom is -0.338 e. The van der Waals surface area contributed by atoms with Gasteiger partial charge in [0, 0.05) is 9.50 Å². The van der Waals surface area contributed by atoms with Crippen LogP contribution >= 0.6 is 50.7 Å². The molecule has 0 atom stereocenters. The number of nitrogen functional groups attached to an aromatic ring is 1. The molecule has 0 saturated carbocycles. The fraction of sp³-hybridized carbons (Fsp3) is 0. The highest BCUT2D eigenvalue weighted by atomic mass is 79.9. The van der Waals surface area contributed by atoms with Gasteiger partial charge in [0.1, 0.15) is 0 Å². The number of nitrogens with two attached hydrogens (primary N) is 1. The Morgan fingerprint density at radius 2 is 1.74 bits per heavy atom. The van der Waals surface area contributed by atoms with Gasteiger partial charge in [-0.2, -0.15) is 0 Å². The highest BCUT2D eigenvalue weighted by Gasteiger charge is 2.10. The van der Waals surface area contributed by atoms with Crippen molar-refractivity contribution in [2.24, 2.45) is 5.84 Å². The molecule has 0 spiro atoms. The first-order valence-corrected chi connectivity index (χ1v) is 6.98. The van der Waals surface area contributed by atoms with Gasteiger partial charge in [0.25, 0.3) is 0 Å². The smallest absolute Gasteiger partial charge is 0.161 e. The maximum Gasteiger partial charge on any atom is 0.161 e. The van der Waals surface area contributed by atoms with E-state index >= 15 is 0 Å². The number of nitrogens with zero attached hydrogens (tertiary/aromatic N) is 1. The van der Waals surface area contributed by atoms with E-state index in [4.69, 9.17) is 40.6 Å². The summed E-state index contributed by atoms with van der Waals surface area (Å²) in [6.45, 7) is 0. The Balaban J connectivity index is 2.37. The Hall–Kier alpha value is -0.720. The van der Waals surface area contributed by atoms with E-state index in [2.05, 4.69) is 31.7 Å². The van der Waals surface area contributed by atoms with Crippen molar-refractivity contribution >= 4 is 68.1 Å². The van der Waals surface area contributed by atoms with Gasteiger partial charge in [-0.1, -0.05) is 34.8 Å². The molecule has 0 saturated heterocycles. The molecular weight excluding hydrogens is 374 g/mol. The third kappa shape index (κ3) is 3.43. The number of aromatic nitrogens is 1. The van der Waals surface area contributed by atoms with Gasteiger partial charge in [0.15, 0.2) is 11.6 Å². The molecule has 2 rings (SSSR count). The Kier molecular flexibility index (Phi) is 4.76. The molecular formula is C11H8BrCl3N4. The number of anilines is 3. The number of nitrogens with one attached hydrogen (secondary N) is 2. The lowest BCUT2D eigenvalue weighted by Gasteiger charge is -2.12. The topological polar surface area (TPSA) is 63.0 Å². The van der Waals surface area contributed by atoms with Crippen LogP contribution in [0.25, 0.3) is 0 Å². The van der Waals surface area contributed by atoms with Gasteiger partial charge in [-0.15, -0.1) is 0 Å². The summed E-state index contributed by atoms with van der Waals surface area (Å²) in [5.74, 6) is 6.08. The van der Waals surface area contributed by atoms with Gasteiger partial charge < -0.3 is 10.7 Å². The van der Waals surface area contributed by atoms with Crippen LogP contribution in [0.3, 0.4) is 0 Å². The summed E-state index contributed by atoms with van der Waals surface area (Å²) >= 11 is 21.3. The fourth-order valence-electron chi connectivity index (χ4n) is 1.37. The number of hydrogen-bond acceptors (Lipinski definition) is 4. The number of halogens is 4. The van der Waals surface area contributed by atoms with Crippen molar-refractivity contribution in [2.45, 2.75) is 0 Å². The number of hydrazine groups is 1. The van der Waals surface area contributed by atoms with Crippen LogP contribution in [0.4, 0.5) is 17.3 Å². The van der Waals surface area contributed by atoms with Gasteiger partial charge in [-0.3, -0.25) is 0 Å². The average Bonchev–Trinajstić information content (AvgIpc) is 2.35. The lowest BCUT2D eigenvalue weighted by atomic mass is 10.3. The first kappa shape index (κ1) is 14.7. The number of pyridine rings is 1. The summed E-state index contributed by atoms with van der Waals surface area (Å²) in [7, 11) is 0. The van der Waals surface area contributed by atoms with E-state index in [1.165, 1.54) is 0 Å². The summed E-state index contributed by atoms with van der Waals surface area (Å²) in [4.78, 5) is 4.18. The van der Waals surface area contributed by atoms with Crippen molar-refractivity contribution in [3.8, 4) is 0 Å². The SMILES string of the molecule is NNc1nc(Nc2ccc(Cl)cc2Br)c(Cl)cc1Cl. The molecule has 0 fully saturated rings. The van der Waals surface area contributed by atoms with Crippen LogP contribution in [0.15, 0.2) is 28.7 Å². The fourth-order valence-corrected chi connectivity index (χ4v) is 2.62. The van der Waals surface area contributed by atoms with E-state index in [1.54, 1.807) is 24.3 Å². The molecule has 4 nitrogen and oxygen atoms in total. The summed E-state index contributed by atoms with van der Waals surface area (Å²) in [5.41, 5.74) is 3.17. The van der Waals surface area contributed by atoms with Gasteiger partial charge in [0.05, 0.1) is 15.7 Å². The number of rotatable bonds is 3. The van der Waals surface area contributed by atoms with Crippen LogP contribution in [0.1, 0.15) is 0 Å². The zero-order valence-electron chi connectivity index (χ0n) is 9.35. The van der Waals surface area contributed by atoms with Gasteiger partial charge in [0.2, 0.25) is 0 Å². The maximum absolute atomic E-state index is 6.07. The maximum atomic E-state index is 6.07. The summed E-state index contributed by atoms with van der Waals surface area (Å²) < 4.78 is 0.787. The zero-order valence-corrected chi connectivity index (χ0v) is 13.2. The molecule has 0 bridgehead atoms. The monoisotopic (exact) mass is 380 g/mol. The Bertz CT molecular complexity index is 621. The molecule has 8 heteroatoms. The molecule has 1 heterocycles. The highest BCUT2D eigenvalue weighted by Crippen LogP contribution is 2.33. The molecule has 0 aliphatic heterocycles. The van der Waals surface area contributed by atoms with Crippen LogP contribution in [-0.2, 0) is 0 Å². The highest BCUT2D eigenvalue weighted by molar-refractivity contribution is 9.10. The van der Waals surface area contributed by atoms with Crippen molar-refractivity contribution in [1.29, 1.82) is 0 Å². The van der Waals surface area contributed by atoms with Crippen LogP contribution < -0.4 is 16.6 Å². The first-order chi connectivity index (χ1) is 9.01. The third-order valence-corrected chi connectivity index (χ3v) is 3.72. The van der Waals surface area contributed by atoms with Crippen molar-refractivity contribution in [3.63, 3.8) is 0 Å². The normalized spacial score (nSPS) is 10.4. The standard InChI is InChI=1S/C11H8BrCl3N4/c12-6-3-5(13)1-2-9(6)17-10-7(14)4-8(15)11(18-10)19-16/h1-4H,16H2,(H2,17,18,19). The second-order valence-corrected chi connectivity index (χ2v) is 5.65. The van der Waals surface area contributed by atoms with Crippen molar-refractivity contribution < 1.29 is 0 Å². The molecule has 1 aromatic heterocycles. The number of hydrogen-bond donors (Lipinski definition) is 3. The summed E-state index contributed by atoms with van der Waals surface area (Å²) in [5, 5.41) is 4.41. The summed E-state index contributed by atoms with van der Waals surface area (Å²) in [6.07, 6.45) is 0. The molecule has 100 valence electrons. The van der Waals surface area contributed by atoms with E-state index < -0.39 is 0 Å². The Morgan fingerprint density at radius 1 is 1.05 bits per heavy atom. The average molecular weight is 382 g/mol. The molecule has 0 aliphatic rings. The lowest BCUT2D eigenvalue weighted by molar-refractivity contribution is 1.22. The summed E-state index contributed by atoms with van der Waals surface area (Å²) in [6, 6.07) is 6.86. The number of benzene rings is 1. The predicted molar refractivity (Wildman–Crippen MR) is 84.5 cm³/mol. The molecule has 1 aromatic carbocycles. The quantitative estimate of drug-likeness (QED) is 0.525. The molecule has 0 radical (unpaired) electrons. The first-order valence-electron chi connectivity index (χ1n) is 5.06. The van der Waals surface area contributed by atoms with E-state index in [1.807, 2.05) is 0 Å². The van der Waals surface area contributed by atoms with Crippen molar-refractivity contribution in [3.05, 3.63) is 43.8 Å². The zero-order chi connectivity index (χ0) is 14.0. The second-order valence-electron chi connectivity index (χ2n) is 3.54.